The minimum absolute atomic E-state index is 0.0844. The summed E-state index contributed by atoms with van der Waals surface area (Å²) >= 11 is 11.6. The first-order valence-corrected chi connectivity index (χ1v) is 13.5. The zero-order valence-corrected chi connectivity index (χ0v) is 21.0. The highest BCUT2D eigenvalue weighted by molar-refractivity contribution is 7.80. The van der Waals surface area contributed by atoms with Gasteiger partial charge in [0, 0.05) is 27.5 Å². The van der Waals surface area contributed by atoms with E-state index in [0.717, 1.165) is 5.56 Å². The van der Waals surface area contributed by atoms with Crippen LogP contribution in [-0.4, -0.2) is 23.9 Å². The van der Waals surface area contributed by atoms with Crippen LogP contribution in [0.3, 0.4) is 0 Å². The van der Waals surface area contributed by atoms with Crippen LogP contribution in [0.1, 0.15) is 18.5 Å². The third-order valence-electron chi connectivity index (χ3n) is 5.58. The fraction of sp³-hybridized carbons (Fsp3) is 0.154. The lowest BCUT2D eigenvalue weighted by Crippen LogP contribution is -2.47. The van der Waals surface area contributed by atoms with E-state index in [0.29, 0.717) is 32.0 Å². The van der Waals surface area contributed by atoms with E-state index < -0.39 is 19.2 Å². The van der Waals surface area contributed by atoms with Crippen molar-refractivity contribution < 1.29 is 14.1 Å². The van der Waals surface area contributed by atoms with Crippen LogP contribution in [0.4, 0.5) is 0 Å². The van der Waals surface area contributed by atoms with Crippen molar-refractivity contribution in [2.75, 3.05) is 12.8 Å². The Morgan fingerprint density at radius 1 is 0.971 bits per heavy atom. The number of carbonyl (C=O) groups excluding carboxylic acids is 1. The molecule has 1 aliphatic heterocycles. The molecule has 0 bridgehead atoms. The second kappa shape index (κ2) is 10.6. The average Bonchev–Trinajstić information content (AvgIpc) is 2.85. The number of nitrogens with one attached hydrogen (secondary N) is 2. The monoisotopic (exact) mass is 510 g/mol. The van der Waals surface area contributed by atoms with Crippen molar-refractivity contribution in [2.24, 2.45) is 0 Å². The molecule has 0 fully saturated rings. The predicted octanol–water partition coefficient (Wildman–Crippen LogP) is 4.69. The van der Waals surface area contributed by atoms with Gasteiger partial charge in [-0.05, 0) is 36.8 Å². The van der Waals surface area contributed by atoms with E-state index in [2.05, 4.69) is 10.6 Å². The summed E-state index contributed by atoms with van der Waals surface area (Å²) in [6, 6.07) is 25.3. The van der Waals surface area contributed by atoms with Crippen LogP contribution < -0.4 is 21.2 Å². The summed E-state index contributed by atoms with van der Waals surface area (Å²) in [5.41, 5.74) is 1.63. The van der Waals surface area contributed by atoms with Crippen molar-refractivity contribution >= 4 is 52.7 Å². The number of allylic oxidation sites excluding steroid dienone is 1. The molecule has 34 heavy (non-hydrogen) atoms. The Labute approximate surface area is 209 Å². The van der Waals surface area contributed by atoms with Crippen LogP contribution in [0.15, 0.2) is 96.2 Å². The van der Waals surface area contributed by atoms with Crippen LogP contribution in [-0.2, 0) is 14.1 Å². The van der Waals surface area contributed by atoms with Gasteiger partial charge in [-0.15, -0.1) is 0 Å². The lowest BCUT2D eigenvalue weighted by Gasteiger charge is -2.32. The Balaban J connectivity index is 1.88. The highest BCUT2D eigenvalue weighted by Crippen LogP contribution is 2.46. The van der Waals surface area contributed by atoms with Crippen LogP contribution in [0.2, 0.25) is 5.02 Å². The van der Waals surface area contributed by atoms with Crippen molar-refractivity contribution in [1.29, 1.82) is 0 Å². The standard InChI is InChI=1S/C26H24ClN2O3PS/c1-2-32-25(30)23-22(28-26(34)29-24(23)18-13-15-19(27)16-14-18)17-33(31,20-9-5-3-6-10-20)21-11-7-4-8-12-21/h3-16,24H,2,17H2,1H3,(H2,28,29,34)/t24-/m0/s1. The molecule has 5 nitrogen and oxygen atoms in total. The summed E-state index contributed by atoms with van der Waals surface area (Å²) < 4.78 is 20.1. The predicted molar refractivity (Wildman–Crippen MR) is 141 cm³/mol. The van der Waals surface area contributed by atoms with Crippen molar-refractivity contribution in [2.45, 2.75) is 13.0 Å². The van der Waals surface area contributed by atoms with Gasteiger partial charge in [0.2, 0.25) is 0 Å². The molecule has 0 saturated heterocycles. The quantitative estimate of drug-likeness (QED) is 0.273. The molecule has 0 radical (unpaired) electrons. The van der Waals surface area contributed by atoms with Gasteiger partial charge in [-0.3, -0.25) is 0 Å². The van der Waals surface area contributed by atoms with Gasteiger partial charge in [-0.1, -0.05) is 84.4 Å². The normalized spacial score (nSPS) is 15.9. The number of benzene rings is 3. The Morgan fingerprint density at radius 2 is 1.53 bits per heavy atom. The molecular weight excluding hydrogens is 487 g/mol. The number of carbonyl (C=O) groups is 1. The van der Waals surface area contributed by atoms with E-state index in [9.17, 15) is 9.36 Å². The van der Waals surface area contributed by atoms with E-state index in [1.807, 2.05) is 72.8 Å². The van der Waals surface area contributed by atoms with Gasteiger partial charge in [0.15, 0.2) is 5.11 Å². The van der Waals surface area contributed by atoms with Gasteiger partial charge < -0.3 is 19.9 Å². The number of thiocarbonyl (C=S) groups is 1. The Bertz CT molecular complexity index is 1220. The molecule has 0 spiro atoms. The fourth-order valence-corrected chi connectivity index (χ4v) is 7.02. The zero-order valence-electron chi connectivity index (χ0n) is 18.5. The largest absolute Gasteiger partial charge is 0.463 e. The van der Waals surface area contributed by atoms with E-state index >= 15 is 0 Å². The minimum Gasteiger partial charge on any atom is -0.463 e. The molecule has 0 unspecified atom stereocenters. The summed E-state index contributed by atoms with van der Waals surface area (Å²) in [4.78, 5) is 13.2. The maximum Gasteiger partial charge on any atom is 0.338 e. The second-order valence-electron chi connectivity index (χ2n) is 7.76. The lowest BCUT2D eigenvalue weighted by molar-refractivity contribution is -0.139. The SMILES string of the molecule is CCOC(=O)C1=C(CP(=O)(c2ccccc2)c2ccccc2)NC(=S)N[C@H]1c1ccc(Cl)cc1. The van der Waals surface area contributed by atoms with Gasteiger partial charge in [0.1, 0.15) is 7.14 Å². The van der Waals surface area contributed by atoms with Gasteiger partial charge in [-0.2, -0.15) is 0 Å². The van der Waals surface area contributed by atoms with Gasteiger partial charge >= 0.3 is 5.97 Å². The van der Waals surface area contributed by atoms with Crippen LogP contribution >= 0.6 is 31.0 Å². The molecule has 3 aromatic rings. The van der Waals surface area contributed by atoms with Crippen LogP contribution in [0, 0.1) is 0 Å². The summed E-state index contributed by atoms with van der Waals surface area (Å²) in [6.45, 7) is 1.96. The molecule has 4 rings (SSSR count). The summed E-state index contributed by atoms with van der Waals surface area (Å²) in [5.74, 6) is -0.493. The molecule has 0 saturated carbocycles. The first-order chi connectivity index (χ1) is 16.4. The number of ether oxygens (including phenoxy) is 1. The van der Waals surface area contributed by atoms with Gasteiger partial charge in [0.25, 0.3) is 0 Å². The number of esters is 1. The third kappa shape index (κ3) is 5.10. The lowest BCUT2D eigenvalue weighted by atomic mass is 9.96. The second-order valence-corrected chi connectivity index (χ2v) is 11.4. The third-order valence-corrected chi connectivity index (χ3v) is 9.08. The highest BCUT2D eigenvalue weighted by atomic mass is 35.5. The molecule has 1 atom stereocenters. The summed E-state index contributed by atoms with van der Waals surface area (Å²) in [5, 5.41) is 8.61. The van der Waals surface area contributed by atoms with Gasteiger partial charge in [-0.25, -0.2) is 4.79 Å². The highest BCUT2D eigenvalue weighted by Gasteiger charge is 2.37. The van der Waals surface area contributed by atoms with Gasteiger partial charge in [0.05, 0.1) is 18.2 Å². The fourth-order valence-electron chi connectivity index (χ4n) is 3.99. The van der Waals surface area contributed by atoms with Crippen molar-refractivity contribution in [3.8, 4) is 0 Å². The zero-order chi connectivity index (χ0) is 24.1. The Hall–Kier alpha value is -2.92. The molecular formula is C26H24ClN2O3PS. The average molecular weight is 511 g/mol. The Kier molecular flexibility index (Phi) is 7.52. The topological polar surface area (TPSA) is 67.4 Å². The molecule has 0 aliphatic carbocycles. The van der Waals surface area contributed by atoms with Crippen LogP contribution in [0.25, 0.3) is 0 Å². The van der Waals surface area contributed by atoms with Crippen LogP contribution in [0.5, 0.6) is 0 Å². The molecule has 0 amide bonds. The first-order valence-electron chi connectivity index (χ1n) is 10.9. The first kappa shape index (κ1) is 24.2. The molecule has 8 heteroatoms. The number of hydrogen-bond donors (Lipinski definition) is 2. The van der Waals surface area contributed by atoms with E-state index in [1.165, 1.54) is 0 Å². The van der Waals surface area contributed by atoms with E-state index in [-0.39, 0.29) is 12.8 Å². The van der Waals surface area contributed by atoms with Crippen molar-refractivity contribution in [3.05, 3.63) is 107 Å². The van der Waals surface area contributed by atoms with E-state index in [4.69, 9.17) is 28.6 Å². The minimum atomic E-state index is -3.18. The smallest absolute Gasteiger partial charge is 0.338 e. The van der Waals surface area contributed by atoms with Crippen molar-refractivity contribution in [1.82, 2.24) is 10.6 Å². The molecule has 0 aromatic heterocycles. The maximum absolute atomic E-state index is 14.7. The molecule has 1 aliphatic rings. The number of rotatable bonds is 7. The summed E-state index contributed by atoms with van der Waals surface area (Å²) in [6.07, 6.45) is 0.0844. The summed E-state index contributed by atoms with van der Waals surface area (Å²) in [7, 11) is -3.18. The van der Waals surface area contributed by atoms with Crippen molar-refractivity contribution in [3.63, 3.8) is 0 Å². The molecule has 1 heterocycles. The molecule has 174 valence electrons. The molecule has 3 aromatic carbocycles. The Morgan fingerprint density at radius 3 is 2.06 bits per heavy atom. The maximum atomic E-state index is 14.7. The number of halogens is 1. The number of hydrogen-bond acceptors (Lipinski definition) is 4. The van der Waals surface area contributed by atoms with E-state index in [1.54, 1.807) is 19.1 Å². The molecule has 2 N–H and O–H groups in total.